The Bertz CT molecular complexity index is 1230. The van der Waals surface area contributed by atoms with Gasteiger partial charge in [-0.05, 0) is 80.6 Å². The molecule has 5 aromatic rings. The van der Waals surface area contributed by atoms with Crippen molar-refractivity contribution in [2.45, 2.75) is 20.8 Å². The van der Waals surface area contributed by atoms with E-state index < -0.39 is 0 Å². The van der Waals surface area contributed by atoms with Gasteiger partial charge in [0.25, 0.3) is 0 Å². The third kappa shape index (κ3) is 1.56. The number of aryl methyl sites for hydroxylation is 3. The molecule has 5 rings (SSSR count). The molecule has 0 bridgehead atoms. The van der Waals surface area contributed by atoms with E-state index in [-0.39, 0.29) is 0 Å². The maximum Gasteiger partial charge on any atom is -0.00235 e. The van der Waals surface area contributed by atoms with E-state index in [9.17, 15) is 0 Å². The number of fused-ring (bicyclic) bond motifs is 2. The van der Waals surface area contributed by atoms with Crippen molar-refractivity contribution < 1.29 is 0 Å². The Morgan fingerprint density at radius 3 is 1.78 bits per heavy atom. The lowest BCUT2D eigenvalue weighted by Gasteiger charge is -2.17. The Morgan fingerprint density at radius 1 is 0.478 bits per heavy atom. The maximum absolute atomic E-state index is 2.35. The highest BCUT2D eigenvalue weighted by atomic mass is 14.2. The second kappa shape index (κ2) is 4.23. The van der Waals surface area contributed by atoms with Crippen molar-refractivity contribution in [1.29, 1.82) is 0 Å². The zero-order chi connectivity index (χ0) is 15.7. The standard InChI is InChI=1S/C23H18/c1-13-11-20-15(3)8-9-18-17-6-4-5-16-14(2)7-10-19(22(16)17)21(12-13)23(18)20/h4-12H,1-3H3. The zero-order valence-electron chi connectivity index (χ0n) is 13.7. The number of rotatable bonds is 0. The van der Waals surface area contributed by atoms with Gasteiger partial charge in [0.15, 0.2) is 0 Å². The maximum atomic E-state index is 2.35. The molecule has 110 valence electrons. The first-order valence-electron chi connectivity index (χ1n) is 8.22. The molecule has 0 saturated heterocycles. The predicted octanol–water partition coefficient (Wildman–Crippen LogP) is 6.66. The van der Waals surface area contributed by atoms with Gasteiger partial charge in [-0.1, -0.05) is 54.6 Å². The third-order valence-corrected chi connectivity index (χ3v) is 5.32. The molecule has 0 heterocycles. The Morgan fingerprint density at radius 2 is 1.00 bits per heavy atom. The van der Waals surface area contributed by atoms with E-state index in [1.54, 1.807) is 0 Å². The molecular formula is C23H18. The molecule has 0 fully saturated rings. The van der Waals surface area contributed by atoms with E-state index >= 15 is 0 Å². The van der Waals surface area contributed by atoms with E-state index in [1.807, 2.05) is 0 Å². The summed E-state index contributed by atoms with van der Waals surface area (Å²) < 4.78 is 0. The third-order valence-electron chi connectivity index (χ3n) is 5.32. The van der Waals surface area contributed by atoms with E-state index in [0.29, 0.717) is 0 Å². The summed E-state index contributed by atoms with van der Waals surface area (Å²) in [5, 5.41) is 11.1. The van der Waals surface area contributed by atoms with E-state index in [2.05, 4.69) is 75.4 Å². The highest BCUT2D eigenvalue weighted by Crippen LogP contribution is 2.42. The van der Waals surface area contributed by atoms with Crippen LogP contribution in [0.2, 0.25) is 0 Å². The molecule has 0 aliphatic carbocycles. The van der Waals surface area contributed by atoms with Crippen LogP contribution in [0.4, 0.5) is 0 Å². The van der Waals surface area contributed by atoms with Crippen LogP contribution in [-0.2, 0) is 0 Å². The van der Waals surface area contributed by atoms with Crippen LogP contribution in [0.15, 0.2) is 54.6 Å². The van der Waals surface area contributed by atoms with Gasteiger partial charge in [0.05, 0.1) is 0 Å². The van der Waals surface area contributed by atoms with Crippen LogP contribution in [0.5, 0.6) is 0 Å². The van der Waals surface area contributed by atoms with Gasteiger partial charge in [-0.2, -0.15) is 0 Å². The number of hydrogen-bond acceptors (Lipinski definition) is 0. The van der Waals surface area contributed by atoms with Crippen LogP contribution in [0.25, 0.3) is 43.1 Å². The molecule has 0 amide bonds. The number of benzene rings is 5. The minimum atomic E-state index is 1.33. The fourth-order valence-electron chi connectivity index (χ4n) is 4.21. The first kappa shape index (κ1) is 12.9. The van der Waals surface area contributed by atoms with Gasteiger partial charge in [0.1, 0.15) is 0 Å². The molecule has 0 heteroatoms. The van der Waals surface area contributed by atoms with Crippen molar-refractivity contribution in [1.82, 2.24) is 0 Å². The minimum Gasteiger partial charge on any atom is -0.0610 e. The van der Waals surface area contributed by atoms with Crippen LogP contribution >= 0.6 is 0 Å². The van der Waals surface area contributed by atoms with Gasteiger partial charge in [0.2, 0.25) is 0 Å². The van der Waals surface area contributed by atoms with Crippen molar-refractivity contribution >= 4 is 43.1 Å². The van der Waals surface area contributed by atoms with Gasteiger partial charge in [-0.3, -0.25) is 0 Å². The molecule has 0 radical (unpaired) electrons. The van der Waals surface area contributed by atoms with Gasteiger partial charge >= 0.3 is 0 Å². The summed E-state index contributed by atoms with van der Waals surface area (Å²) in [5.41, 5.74) is 4.04. The average molecular weight is 294 g/mol. The van der Waals surface area contributed by atoms with Crippen LogP contribution in [0.3, 0.4) is 0 Å². The first-order valence-corrected chi connectivity index (χ1v) is 8.22. The summed E-state index contributed by atoms with van der Waals surface area (Å²) in [6, 6.07) is 20.5. The molecule has 0 aliphatic heterocycles. The lowest BCUT2D eigenvalue weighted by molar-refractivity contribution is 1.49. The van der Waals surface area contributed by atoms with Crippen LogP contribution in [-0.4, -0.2) is 0 Å². The van der Waals surface area contributed by atoms with Gasteiger partial charge in [0, 0.05) is 0 Å². The molecule has 23 heavy (non-hydrogen) atoms. The summed E-state index contributed by atoms with van der Waals surface area (Å²) in [4.78, 5) is 0. The minimum absolute atomic E-state index is 1.33. The second-order valence-corrected chi connectivity index (χ2v) is 6.82. The van der Waals surface area contributed by atoms with E-state index in [1.165, 1.54) is 59.8 Å². The van der Waals surface area contributed by atoms with Crippen LogP contribution in [0.1, 0.15) is 16.7 Å². The molecule has 0 aliphatic rings. The average Bonchev–Trinajstić information content (AvgIpc) is 2.55. The molecule has 0 unspecified atom stereocenters. The lowest BCUT2D eigenvalue weighted by atomic mass is 9.87. The summed E-state index contributed by atoms with van der Waals surface area (Å²) in [6.45, 7) is 6.63. The van der Waals surface area contributed by atoms with E-state index in [4.69, 9.17) is 0 Å². The smallest absolute Gasteiger partial charge is 0.00235 e. The number of hydrogen-bond donors (Lipinski definition) is 0. The zero-order valence-corrected chi connectivity index (χ0v) is 13.7. The van der Waals surface area contributed by atoms with Crippen LogP contribution in [0, 0.1) is 20.8 Å². The Balaban J connectivity index is 2.27. The summed E-state index contributed by atoms with van der Waals surface area (Å²) in [5.74, 6) is 0. The normalized spacial score (nSPS) is 12.1. The second-order valence-electron chi connectivity index (χ2n) is 6.82. The Kier molecular flexibility index (Phi) is 2.37. The summed E-state index contributed by atoms with van der Waals surface area (Å²) in [6.07, 6.45) is 0. The van der Waals surface area contributed by atoms with Gasteiger partial charge in [-0.25, -0.2) is 0 Å². The fraction of sp³-hybridized carbons (Fsp3) is 0.130. The lowest BCUT2D eigenvalue weighted by Crippen LogP contribution is -1.90. The SMILES string of the molecule is Cc1cc2c(C)ccc3c4cccc5c(C)ccc(c(c1)c23)c54. The largest absolute Gasteiger partial charge is 0.0610 e. The monoisotopic (exact) mass is 294 g/mol. The quantitative estimate of drug-likeness (QED) is 0.221. The van der Waals surface area contributed by atoms with E-state index in [0.717, 1.165) is 0 Å². The molecule has 0 aromatic heterocycles. The van der Waals surface area contributed by atoms with Crippen molar-refractivity contribution in [3.8, 4) is 0 Å². The molecule has 0 spiro atoms. The molecule has 0 nitrogen and oxygen atoms in total. The van der Waals surface area contributed by atoms with Crippen molar-refractivity contribution in [3.05, 3.63) is 71.3 Å². The van der Waals surface area contributed by atoms with Gasteiger partial charge < -0.3 is 0 Å². The molecule has 5 aromatic carbocycles. The molecule has 0 saturated carbocycles. The predicted molar refractivity (Wildman–Crippen MR) is 102 cm³/mol. The molecular weight excluding hydrogens is 276 g/mol. The fourth-order valence-corrected chi connectivity index (χ4v) is 4.21. The topological polar surface area (TPSA) is 0 Å². The van der Waals surface area contributed by atoms with Crippen molar-refractivity contribution in [2.24, 2.45) is 0 Å². The molecule has 0 atom stereocenters. The van der Waals surface area contributed by atoms with Crippen molar-refractivity contribution in [3.63, 3.8) is 0 Å². The Labute approximate surface area is 135 Å². The Hall–Kier alpha value is -2.60. The highest BCUT2D eigenvalue weighted by Gasteiger charge is 2.14. The van der Waals surface area contributed by atoms with Crippen molar-refractivity contribution in [2.75, 3.05) is 0 Å². The molecule has 0 N–H and O–H groups in total. The summed E-state index contributed by atoms with van der Waals surface area (Å²) >= 11 is 0. The highest BCUT2D eigenvalue weighted by molar-refractivity contribution is 6.33. The summed E-state index contributed by atoms with van der Waals surface area (Å²) in [7, 11) is 0. The van der Waals surface area contributed by atoms with Crippen LogP contribution < -0.4 is 0 Å². The first-order chi connectivity index (χ1) is 11.1. The van der Waals surface area contributed by atoms with Gasteiger partial charge in [-0.15, -0.1) is 0 Å².